The molecule has 62 valence electrons. The van der Waals surface area contributed by atoms with Gasteiger partial charge in [0.25, 0.3) is 0 Å². The Morgan fingerprint density at radius 3 is 1.64 bits per heavy atom. The largest absolute Gasteiger partial charge is 0.106 e. The number of hydrogen-bond donors (Lipinski definition) is 0. The summed E-state index contributed by atoms with van der Waals surface area (Å²) in [5.74, 6) is 0. The summed E-state index contributed by atoms with van der Waals surface area (Å²) in [5, 5.41) is 1.24. The highest BCUT2D eigenvalue weighted by atomic mass is 31.0. The van der Waals surface area contributed by atoms with Gasteiger partial charge >= 0.3 is 0 Å². The molecule has 0 N–H and O–H groups in total. The van der Waals surface area contributed by atoms with Crippen molar-refractivity contribution in [2.75, 3.05) is 0 Å². The van der Waals surface area contributed by atoms with Gasteiger partial charge in [0.15, 0.2) is 0 Å². The summed E-state index contributed by atoms with van der Waals surface area (Å²) in [4.78, 5) is 0. The standard InChI is InChI=1S/C6H7P.C4H10/c7-6-4-2-1-3-5-6;1-3-4-2/h1-5H,7H2;3-4H2,1-2H3. The zero-order valence-corrected chi connectivity index (χ0v) is 8.53. The lowest BCUT2D eigenvalue weighted by Gasteiger charge is -1.82. The maximum atomic E-state index is 2.63. The van der Waals surface area contributed by atoms with Crippen LogP contribution in [0.5, 0.6) is 0 Å². The Morgan fingerprint density at radius 1 is 1.00 bits per heavy atom. The molecule has 0 fully saturated rings. The molecule has 0 aromatic heterocycles. The van der Waals surface area contributed by atoms with E-state index >= 15 is 0 Å². The van der Waals surface area contributed by atoms with Gasteiger partial charge in [0.05, 0.1) is 0 Å². The van der Waals surface area contributed by atoms with Crippen LogP contribution in [0.4, 0.5) is 0 Å². The van der Waals surface area contributed by atoms with E-state index in [9.17, 15) is 0 Å². The van der Waals surface area contributed by atoms with E-state index in [1.165, 1.54) is 18.1 Å². The van der Waals surface area contributed by atoms with Gasteiger partial charge in [-0.1, -0.05) is 57.0 Å². The molecule has 0 nitrogen and oxygen atoms in total. The molecular weight excluding hydrogens is 151 g/mol. The lowest BCUT2D eigenvalue weighted by atomic mass is 10.4. The monoisotopic (exact) mass is 168 g/mol. The van der Waals surface area contributed by atoms with Crippen LogP contribution in [-0.2, 0) is 0 Å². The molecule has 1 heteroatoms. The Bertz CT molecular complexity index is 156. The van der Waals surface area contributed by atoms with Crippen LogP contribution in [0.2, 0.25) is 0 Å². The van der Waals surface area contributed by atoms with E-state index < -0.39 is 0 Å². The topological polar surface area (TPSA) is 0 Å². The van der Waals surface area contributed by atoms with Gasteiger partial charge in [-0.05, 0) is 5.30 Å². The molecule has 0 saturated heterocycles. The highest BCUT2D eigenvalue weighted by Gasteiger charge is 1.72. The molecule has 0 bridgehead atoms. The first-order valence-electron chi connectivity index (χ1n) is 4.11. The van der Waals surface area contributed by atoms with Crippen LogP contribution in [0.3, 0.4) is 0 Å². The summed E-state index contributed by atoms with van der Waals surface area (Å²) in [6.07, 6.45) is 2.64. The molecule has 0 radical (unpaired) electrons. The van der Waals surface area contributed by atoms with Gasteiger partial charge in [-0.15, -0.1) is 9.24 Å². The fraction of sp³-hybridized carbons (Fsp3) is 0.400. The predicted octanol–water partition coefficient (Wildman–Crippen LogP) is 2.99. The van der Waals surface area contributed by atoms with E-state index in [0.717, 1.165) is 0 Å². The Kier molecular flexibility index (Phi) is 7.51. The molecular formula is C10H17P. The van der Waals surface area contributed by atoms with Gasteiger partial charge in [-0.2, -0.15) is 0 Å². The molecule has 0 spiro atoms. The third kappa shape index (κ3) is 7.55. The van der Waals surface area contributed by atoms with Gasteiger partial charge in [-0.25, -0.2) is 0 Å². The highest BCUT2D eigenvalue weighted by Crippen LogP contribution is 1.86. The van der Waals surface area contributed by atoms with Crippen molar-refractivity contribution in [3.8, 4) is 0 Å². The third-order valence-electron chi connectivity index (χ3n) is 1.30. The van der Waals surface area contributed by atoms with Crippen molar-refractivity contribution in [1.29, 1.82) is 0 Å². The van der Waals surface area contributed by atoms with E-state index in [-0.39, 0.29) is 0 Å². The molecule has 0 aliphatic heterocycles. The average molecular weight is 168 g/mol. The lowest BCUT2D eigenvalue weighted by Crippen LogP contribution is -1.82. The van der Waals surface area contributed by atoms with Crippen LogP contribution in [0, 0.1) is 0 Å². The molecule has 0 heterocycles. The third-order valence-corrected chi connectivity index (χ3v) is 1.68. The van der Waals surface area contributed by atoms with E-state index in [2.05, 4.69) is 23.1 Å². The van der Waals surface area contributed by atoms with Crippen molar-refractivity contribution in [2.45, 2.75) is 26.7 Å². The zero-order valence-electron chi connectivity index (χ0n) is 7.38. The number of hydrogen-bond acceptors (Lipinski definition) is 0. The molecule has 0 saturated carbocycles. The first-order chi connectivity index (χ1) is 5.31. The SMILES string of the molecule is CCCC.Pc1ccccc1. The summed E-state index contributed by atoms with van der Waals surface area (Å²) in [6, 6.07) is 10.1. The van der Waals surface area contributed by atoms with Gasteiger partial charge in [0.1, 0.15) is 0 Å². The number of unbranched alkanes of at least 4 members (excludes halogenated alkanes) is 1. The Morgan fingerprint density at radius 2 is 1.45 bits per heavy atom. The summed E-state index contributed by atoms with van der Waals surface area (Å²) < 4.78 is 0. The molecule has 1 aromatic carbocycles. The van der Waals surface area contributed by atoms with Crippen molar-refractivity contribution in [3.63, 3.8) is 0 Å². The van der Waals surface area contributed by atoms with Gasteiger partial charge in [0.2, 0.25) is 0 Å². The normalized spacial score (nSPS) is 8.27. The first-order valence-corrected chi connectivity index (χ1v) is 4.69. The van der Waals surface area contributed by atoms with Crippen molar-refractivity contribution in [1.82, 2.24) is 0 Å². The highest BCUT2D eigenvalue weighted by molar-refractivity contribution is 7.27. The predicted molar refractivity (Wildman–Crippen MR) is 56.4 cm³/mol. The van der Waals surface area contributed by atoms with Crippen LogP contribution in [0.25, 0.3) is 0 Å². The minimum Gasteiger partial charge on any atom is -0.106 e. The second-order valence-electron chi connectivity index (χ2n) is 2.41. The van der Waals surface area contributed by atoms with Crippen molar-refractivity contribution >= 4 is 14.5 Å². The summed E-state index contributed by atoms with van der Waals surface area (Å²) in [6.45, 7) is 4.36. The summed E-state index contributed by atoms with van der Waals surface area (Å²) in [5.41, 5.74) is 0. The van der Waals surface area contributed by atoms with Gasteiger partial charge < -0.3 is 0 Å². The first kappa shape index (κ1) is 10.7. The lowest BCUT2D eigenvalue weighted by molar-refractivity contribution is 0.886. The van der Waals surface area contributed by atoms with Crippen LogP contribution in [-0.4, -0.2) is 0 Å². The summed E-state index contributed by atoms with van der Waals surface area (Å²) >= 11 is 0. The van der Waals surface area contributed by atoms with E-state index in [0.29, 0.717) is 0 Å². The minimum atomic E-state index is 1.24. The van der Waals surface area contributed by atoms with Crippen LogP contribution in [0.1, 0.15) is 26.7 Å². The second-order valence-corrected chi connectivity index (χ2v) is 3.08. The maximum Gasteiger partial charge on any atom is -0.0303 e. The Balaban J connectivity index is 0.000000218. The van der Waals surface area contributed by atoms with Gasteiger partial charge in [-0.3, -0.25) is 0 Å². The van der Waals surface area contributed by atoms with Crippen molar-refractivity contribution < 1.29 is 0 Å². The smallest absolute Gasteiger partial charge is 0.0303 e. The molecule has 1 aromatic rings. The second kappa shape index (κ2) is 7.75. The zero-order chi connectivity index (χ0) is 8.53. The molecule has 0 aliphatic rings. The van der Waals surface area contributed by atoms with Crippen molar-refractivity contribution in [2.24, 2.45) is 0 Å². The van der Waals surface area contributed by atoms with E-state index in [1.54, 1.807) is 0 Å². The molecule has 1 atom stereocenters. The molecule has 0 amide bonds. The summed E-state index contributed by atoms with van der Waals surface area (Å²) in [7, 11) is 2.63. The molecule has 1 unspecified atom stereocenters. The fourth-order valence-corrected chi connectivity index (χ4v) is 0.675. The molecule has 0 aliphatic carbocycles. The maximum absolute atomic E-state index is 2.63. The van der Waals surface area contributed by atoms with E-state index in [4.69, 9.17) is 0 Å². The molecule has 11 heavy (non-hydrogen) atoms. The minimum absolute atomic E-state index is 1.24. The molecule has 1 rings (SSSR count). The number of benzene rings is 1. The quantitative estimate of drug-likeness (QED) is 0.565. The van der Waals surface area contributed by atoms with Crippen LogP contribution >= 0.6 is 9.24 Å². The van der Waals surface area contributed by atoms with Gasteiger partial charge in [0, 0.05) is 0 Å². The Labute approximate surface area is 72.2 Å². The van der Waals surface area contributed by atoms with E-state index in [1.807, 2.05) is 30.3 Å². The Hall–Kier alpha value is -0.350. The van der Waals surface area contributed by atoms with Crippen LogP contribution in [0.15, 0.2) is 30.3 Å². The van der Waals surface area contributed by atoms with Crippen molar-refractivity contribution in [3.05, 3.63) is 30.3 Å². The van der Waals surface area contributed by atoms with Crippen LogP contribution < -0.4 is 5.30 Å². The average Bonchev–Trinajstić information content (AvgIpc) is 2.07. The number of rotatable bonds is 1. The fourth-order valence-electron chi connectivity index (χ4n) is 0.453.